The number of sulfonamides is 1. The number of rotatable bonds is 4. The quantitative estimate of drug-likeness (QED) is 0.748. The zero-order valence-corrected chi connectivity index (χ0v) is 11.3. The van der Waals surface area contributed by atoms with Gasteiger partial charge in [0, 0.05) is 6.04 Å². The van der Waals surface area contributed by atoms with Crippen molar-refractivity contribution in [1.29, 1.82) is 0 Å². The maximum absolute atomic E-state index is 12.0. The number of hydrogen-bond acceptors (Lipinski definition) is 3. The van der Waals surface area contributed by atoms with Gasteiger partial charge in [0.1, 0.15) is 0 Å². The lowest BCUT2D eigenvalue weighted by molar-refractivity contribution is 0.501. The van der Waals surface area contributed by atoms with Gasteiger partial charge in [0.2, 0.25) is 10.0 Å². The zero-order chi connectivity index (χ0) is 12.1. The van der Waals surface area contributed by atoms with Crippen molar-refractivity contribution >= 4 is 10.0 Å². The lowest BCUT2D eigenvalue weighted by atomic mass is 10.1. The molecule has 0 aromatic carbocycles. The normalized spacial score (nSPS) is 28.1. The average Bonchev–Trinajstić information content (AvgIpc) is 2.61. The first-order valence-electron chi connectivity index (χ1n) is 6.86. The maximum atomic E-state index is 12.0. The molecule has 0 bridgehead atoms. The Labute approximate surface area is 105 Å². The Morgan fingerprint density at radius 1 is 1.06 bits per heavy atom. The first-order valence-corrected chi connectivity index (χ1v) is 8.52. The van der Waals surface area contributed by atoms with Crippen molar-refractivity contribution in [1.82, 2.24) is 10.0 Å². The molecule has 0 amide bonds. The van der Waals surface area contributed by atoms with Crippen molar-refractivity contribution in [3.05, 3.63) is 0 Å². The molecule has 0 radical (unpaired) electrons. The molecule has 100 valence electrons. The molecule has 0 spiro atoms. The highest BCUT2D eigenvalue weighted by Gasteiger charge is 2.24. The summed E-state index contributed by atoms with van der Waals surface area (Å²) in [5, 5.41) is 3.22. The lowest BCUT2D eigenvalue weighted by Gasteiger charge is -2.18. The summed E-state index contributed by atoms with van der Waals surface area (Å²) in [6, 6.07) is 0.192. The predicted octanol–water partition coefficient (Wildman–Crippen LogP) is 1.24. The summed E-state index contributed by atoms with van der Waals surface area (Å²) in [7, 11) is -3.07. The van der Waals surface area contributed by atoms with Crippen molar-refractivity contribution in [2.24, 2.45) is 5.92 Å². The van der Waals surface area contributed by atoms with E-state index in [1.54, 1.807) is 0 Å². The monoisotopic (exact) mass is 260 g/mol. The van der Waals surface area contributed by atoms with Crippen LogP contribution in [0.25, 0.3) is 0 Å². The van der Waals surface area contributed by atoms with E-state index >= 15 is 0 Å². The Bertz CT molecular complexity index is 315. The van der Waals surface area contributed by atoms with Crippen LogP contribution in [0.5, 0.6) is 0 Å². The predicted molar refractivity (Wildman–Crippen MR) is 69.4 cm³/mol. The molecule has 1 unspecified atom stereocenters. The summed E-state index contributed by atoms with van der Waals surface area (Å²) >= 11 is 0. The fraction of sp³-hybridized carbons (Fsp3) is 1.00. The van der Waals surface area contributed by atoms with Gasteiger partial charge >= 0.3 is 0 Å². The van der Waals surface area contributed by atoms with Crippen molar-refractivity contribution in [2.45, 2.75) is 51.0 Å². The Morgan fingerprint density at radius 3 is 2.35 bits per heavy atom. The molecule has 5 heteroatoms. The molecule has 1 heterocycles. The maximum Gasteiger partial charge on any atom is 0.212 e. The van der Waals surface area contributed by atoms with Crippen molar-refractivity contribution < 1.29 is 8.42 Å². The molecule has 1 atom stereocenters. The van der Waals surface area contributed by atoms with Crippen LogP contribution in [0.1, 0.15) is 44.9 Å². The molecular formula is C12H24N2O2S. The molecule has 1 saturated heterocycles. The summed E-state index contributed by atoms with van der Waals surface area (Å²) in [4.78, 5) is 0. The Balaban J connectivity index is 1.82. The van der Waals surface area contributed by atoms with Gasteiger partial charge in [0.15, 0.2) is 0 Å². The van der Waals surface area contributed by atoms with E-state index in [0.29, 0.717) is 11.7 Å². The number of hydrogen-bond donors (Lipinski definition) is 2. The standard InChI is InChI=1S/C12H24N2O2S/c15-17(16,10-11-7-8-13-9-11)14-12-5-3-1-2-4-6-12/h11-14H,1-10H2. The minimum Gasteiger partial charge on any atom is -0.316 e. The van der Waals surface area contributed by atoms with Gasteiger partial charge < -0.3 is 5.32 Å². The van der Waals surface area contributed by atoms with E-state index in [1.807, 2.05) is 0 Å². The third-order valence-electron chi connectivity index (χ3n) is 3.82. The van der Waals surface area contributed by atoms with Crippen LogP contribution < -0.4 is 10.0 Å². The minimum absolute atomic E-state index is 0.192. The minimum atomic E-state index is -3.07. The Morgan fingerprint density at radius 2 is 1.76 bits per heavy atom. The van der Waals surface area contributed by atoms with E-state index in [-0.39, 0.29) is 6.04 Å². The van der Waals surface area contributed by atoms with Gasteiger partial charge in [-0.25, -0.2) is 13.1 Å². The van der Waals surface area contributed by atoms with Crippen LogP contribution in [0.15, 0.2) is 0 Å². The van der Waals surface area contributed by atoms with Crippen LogP contribution in [0.2, 0.25) is 0 Å². The number of nitrogens with one attached hydrogen (secondary N) is 2. The highest BCUT2D eigenvalue weighted by Crippen LogP contribution is 2.18. The molecule has 2 aliphatic rings. The zero-order valence-electron chi connectivity index (χ0n) is 10.5. The van der Waals surface area contributed by atoms with E-state index in [2.05, 4.69) is 10.0 Å². The summed E-state index contributed by atoms with van der Waals surface area (Å²) in [5.74, 6) is 0.606. The van der Waals surface area contributed by atoms with E-state index in [9.17, 15) is 8.42 Å². The van der Waals surface area contributed by atoms with Crippen LogP contribution in [-0.2, 0) is 10.0 Å². The lowest BCUT2D eigenvalue weighted by Crippen LogP contribution is -2.38. The van der Waals surface area contributed by atoms with Gasteiger partial charge in [-0.05, 0) is 38.3 Å². The second-order valence-corrected chi connectivity index (χ2v) is 7.25. The fourth-order valence-corrected chi connectivity index (χ4v) is 4.61. The van der Waals surface area contributed by atoms with Crippen molar-refractivity contribution in [2.75, 3.05) is 18.8 Å². The van der Waals surface area contributed by atoms with Gasteiger partial charge in [-0.15, -0.1) is 0 Å². The summed E-state index contributed by atoms with van der Waals surface area (Å²) in [6.07, 6.45) is 7.86. The largest absolute Gasteiger partial charge is 0.316 e. The molecule has 2 rings (SSSR count). The topological polar surface area (TPSA) is 58.2 Å². The third-order valence-corrected chi connectivity index (χ3v) is 5.42. The van der Waals surface area contributed by atoms with Crippen LogP contribution in [-0.4, -0.2) is 33.3 Å². The third kappa shape index (κ3) is 4.56. The molecule has 1 aliphatic carbocycles. The van der Waals surface area contributed by atoms with Gasteiger partial charge in [-0.3, -0.25) is 0 Å². The molecule has 0 aromatic rings. The van der Waals surface area contributed by atoms with Crippen molar-refractivity contribution in [3.63, 3.8) is 0 Å². The molecule has 2 fully saturated rings. The van der Waals surface area contributed by atoms with E-state index in [1.165, 1.54) is 12.8 Å². The molecule has 4 nitrogen and oxygen atoms in total. The molecule has 0 aromatic heterocycles. The molecular weight excluding hydrogens is 236 g/mol. The van der Waals surface area contributed by atoms with Crippen molar-refractivity contribution in [3.8, 4) is 0 Å². The highest BCUT2D eigenvalue weighted by molar-refractivity contribution is 7.89. The molecule has 1 aliphatic heterocycles. The Kier molecular flexibility index (Phi) is 4.82. The molecule has 17 heavy (non-hydrogen) atoms. The van der Waals surface area contributed by atoms with Crippen LogP contribution in [0.3, 0.4) is 0 Å². The van der Waals surface area contributed by atoms with Gasteiger partial charge in [-0.1, -0.05) is 25.7 Å². The summed E-state index contributed by atoms with van der Waals surface area (Å²) < 4.78 is 27.0. The Hall–Kier alpha value is -0.130. The first-order chi connectivity index (χ1) is 8.16. The van der Waals surface area contributed by atoms with Gasteiger partial charge in [0.25, 0.3) is 0 Å². The first kappa shape index (κ1) is 13.3. The SMILES string of the molecule is O=S(=O)(CC1CCNC1)NC1CCCCCC1. The second kappa shape index (κ2) is 6.16. The average molecular weight is 260 g/mol. The fourth-order valence-electron chi connectivity index (χ4n) is 2.87. The smallest absolute Gasteiger partial charge is 0.212 e. The summed E-state index contributed by atoms with van der Waals surface area (Å²) in [5.41, 5.74) is 0. The van der Waals surface area contributed by atoms with Gasteiger partial charge in [0.05, 0.1) is 5.75 Å². The van der Waals surface area contributed by atoms with Crippen LogP contribution in [0.4, 0.5) is 0 Å². The van der Waals surface area contributed by atoms with Crippen LogP contribution in [0, 0.1) is 5.92 Å². The molecule has 2 N–H and O–H groups in total. The highest BCUT2D eigenvalue weighted by atomic mass is 32.2. The van der Waals surface area contributed by atoms with Crippen LogP contribution >= 0.6 is 0 Å². The van der Waals surface area contributed by atoms with E-state index in [0.717, 1.165) is 45.2 Å². The second-order valence-electron chi connectivity index (χ2n) is 5.45. The summed E-state index contributed by atoms with van der Waals surface area (Å²) in [6.45, 7) is 1.81. The molecule has 1 saturated carbocycles. The van der Waals surface area contributed by atoms with Gasteiger partial charge in [-0.2, -0.15) is 0 Å². The van der Waals surface area contributed by atoms with E-state index in [4.69, 9.17) is 0 Å². The van der Waals surface area contributed by atoms with E-state index < -0.39 is 10.0 Å².